The van der Waals surface area contributed by atoms with E-state index in [0.29, 0.717) is 17.0 Å². The van der Waals surface area contributed by atoms with E-state index in [2.05, 4.69) is 15.4 Å². The summed E-state index contributed by atoms with van der Waals surface area (Å²) < 4.78 is 40.1. The molecular formula is C18H17F3N2O3S. The van der Waals surface area contributed by atoms with Crippen LogP contribution in [-0.2, 0) is 10.5 Å². The van der Waals surface area contributed by atoms with Gasteiger partial charge in [-0.3, -0.25) is 9.59 Å². The van der Waals surface area contributed by atoms with E-state index in [9.17, 15) is 22.8 Å². The predicted octanol–water partition coefficient (Wildman–Crippen LogP) is 3.82. The summed E-state index contributed by atoms with van der Waals surface area (Å²) in [5.74, 6) is -0.0677. The molecule has 0 unspecified atom stereocenters. The van der Waals surface area contributed by atoms with Gasteiger partial charge in [-0.1, -0.05) is 12.1 Å². The van der Waals surface area contributed by atoms with Crippen LogP contribution >= 0.6 is 11.8 Å². The minimum atomic E-state index is -4.72. The van der Waals surface area contributed by atoms with E-state index in [-0.39, 0.29) is 23.3 Å². The Kier molecular flexibility index (Phi) is 7.12. The lowest BCUT2D eigenvalue weighted by Crippen LogP contribution is -2.18. The normalized spacial score (nSPS) is 11.0. The van der Waals surface area contributed by atoms with Gasteiger partial charge in [0.25, 0.3) is 5.91 Å². The average Bonchev–Trinajstić information content (AvgIpc) is 2.62. The molecule has 2 N–H and O–H groups in total. The van der Waals surface area contributed by atoms with Gasteiger partial charge in [0, 0.05) is 24.1 Å². The molecule has 0 aliphatic rings. The fourth-order valence-corrected chi connectivity index (χ4v) is 2.88. The number of halogens is 3. The van der Waals surface area contributed by atoms with E-state index in [0.717, 1.165) is 5.56 Å². The van der Waals surface area contributed by atoms with Gasteiger partial charge in [-0.25, -0.2) is 0 Å². The Hall–Kier alpha value is -2.68. The summed E-state index contributed by atoms with van der Waals surface area (Å²) in [6, 6.07) is 12.0. The molecule has 0 aliphatic heterocycles. The molecule has 9 heteroatoms. The minimum absolute atomic E-state index is 0.179. The second-order valence-corrected chi connectivity index (χ2v) is 6.37. The van der Waals surface area contributed by atoms with Crippen LogP contribution in [0.2, 0.25) is 0 Å². The fourth-order valence-electron chi connectivity index (χ4n) is 2.10. The third-order valence-corrected chi connectivity index (χ3v) is 4.32. The zero-order chi connectivity index (χ0) is 19.9. The van der Waals surface area contributed by atoms with Crippen LogP contribution in [0.5, 0.6) is 5.75 Å². The van der Waals surface area contributed by atoms with Crippen molar-refractivity contribution in [3.63, 3.8) is 0 Å². The molecule has 0 radical (unpaired) electrons. The number of rotatable bonds is 7. The monoisotopic (exact) mass is 398 g/mol. The summed E-state index contributed by atoms with van der Waals surface area (Å²) in [6.45, 7) is 0. The third-order valence-electron chi connectivity index (χ3n) is 3.32. The third kappa shape index (κ3) is 7.22. The van der Waals surface area contributed by atoms with Crippen LogP contribution < -0.4 is 15.4 Å². The summed E-state index contributed by atoms with van der Waals surface area (Å²) in [6.07, 6.45) is -4.72. The van der Waals surface area contributed by atoms with Crippen molar-refractivity contribution in [1.29, 1.82) is 0 Å². The van der Waals surface area contributed by atoms with Gasteiger partial charge < -0.3 is 15.4 Å². The number of carbonyl (C=O) groups excluding carboxylic acids is 2. The molecule has 0 saturated heterocycles. The molecule has 2 amide bonds. The Labute approximate surface area is 158 Å². The summed E-state index contributed by atoms with van der Waals surface area (Å²) in [4.78, 5) is 23.4. The first-order valence-electron chi connectivity index (χ1n) is 7.81. The molecule has 144 valence electrons. The standard InChI is InChI=1S/C18H17F3N2O3S/c1-22-17(25)13-4-6-14(7-5-13)23-16(24)11-27-10-12-2-8-15(9-3-12)26-18(19,20)21/h2-9H,10-11H2,1H3,(H,22,25)(H,23,24). The molecule has 0 heterocycles. The molecule has 0 spiro atoms. The van der Waals surface area contributed by atoms with Crippen LogP contribution in [0.25, 0.3) is 0 Å². The van der Waals surface area contributed by atoms with Crippen molar-refractivity contribution in [2.45, 2.75) is 12.1 Å². The highest BCUT2D eigenvalue weighted by Gasteiger charge is 2.30. The number of hydrogen-bond donors (Lipinski definition) is 2. The molecule has 2 aromatic rings. The van der Waals surface area contributed by atoms with Crippen molar-refractivity contribution in [1.82, 2.24) is 5.32 Å². The van der Waals surface area contributed by atoms with Crippen LogP contribution in [0.4, 0.5) is 18.9 Å². The number of thioether (sulfide) groups is 1. The van der Waals surface area contributed by atoms with Gasteiger partial charge in [-0.2, -0.15) is 0 Å². The Balaban J connectivity index is 1.76. The first-order valence-corrected chi connectivity index (χ1v) is 8.97. The quantitative estimate of drug-likeness (QED) is 0.744. The SMILES string of the molecule is CNC(=O)c1ccc(NC(=O)CSCc2ccc(OC(F)(F)F)cc2)cc1. The lowest BCUT2D eigenvalue weighted by atomic mass is 10.2. The Morgan fingerprint density at radius 3 is 2.22 bits per heavy atom. The minimum Gasteiger partial charge on any atom is -0.406 e. The Morgan fingerprint density at radius 2 is 1.67 bits per heavy atom. The van der Waals surface area contributed by atoms with Gasteiger partial charge in [0.2, 0.25) is 5.91 Å². The molecule has 2 aromatic carbocycles. The molecule has 0 saturated carbocycles. The van der Waals surface area contributed by atoms with E-state index in [1.165, 1.54) is 43.1 Å². The van der Waals surface area contributed by atoms with Crippen molar-refractivity contribution in [3.8, 4) is 5.75 Å². The molecule has 0 aliphatic carbocycles. The van der Waals surface area contributed by atoms with Crippen LogP contribution in [0.1, 0.15) is 15.9 Å². The van der Waals surface area contributed by atoms with Gasteiger partial charge in [0.15, 0.2) is 0 Å². The van der Waals surface area contributed by atoms with E-state index >= 15 is 0 Å². The number of hydrogen-bond acceptors (Lipinski definition) is 4. The van der Waals surface area contributed by atoms with Crippen molar-refractivity contribution in [3.05, 3.63) is 59.7 Å². The second kappa shape index (κ2) is 9.31. The zero-order valence-electron chi connectivity index (χ0n) is 14.3. The van der Waals surface area contributed by atoms with E-state index in [1.807, 2.05) is 0 Å². The summed E-state index contributed by atoms with van der Waals surface area (Å²) in [5, 5.41) is 5.22. The number of nitrogens with one attached hydrogen (secondary N) is 2. The summed E-state index contributed by atoms with van der Waals surface area (Å²) in [5.41, 5.74) is 1.84. The number of ether oxygens (including phenoxy) is 1. The van der Waals surface area contributed by atoms with Crippen LogP contribution in [0.3, 0.4) is 0 Å². The first-order chi connectivity index (χ1) is 12.8. The van der Waals surface area contributed by atoms with Crippen molar-refractivity contribution >= 4 is 29.3 Å². The highest BCUT2D eigenvalue weighted by Crippen LogP contribution is 2.24. The molecule has 5 nitrogen and oxygen atoms in total. The van der Waals surface area contributed by atoms with Gasteiger partial charge in [0.1, 0.15) is 5.75 Å². The molecule has 0 bridgehead atoms. The van der Waals surface area contributed by atoms with Crippen LogP contribution in [-0.4, -0.2) is 31.0 Å². The van der Waals surface area contributed by atoms with Gasteiger partial charge in [-0.05, 0) is 42.0 Å². The van der Waals surface area contributed by atoms with Crippen LogP contribution in [0, 0.1) is 0 Å². The van der Waals surface area contributed by atoms with Gasteiger partial charge in [-0.15, -0.1) is 24.9 Å². The van der Waals surface area contributed by atoms with Gasteiger partial charge in [0.05, 0.1) is 5.75 Å². The molecule has 0 fully saturated rings. The van der Waals surface area contributed by atoms with E-state index in [4.69, 9.17) is 0 Å². The number of alkyl halides is 3. The summed E-state index contributed by atoms with van der Waals surface area (Å²) in [7, 11) is 1.53. The second-order valence-electron chi connectivity index (χ2n) is 5.39. The maximum Gasteiger partial charge on any atom is 0.573 e. The molecule has 2 rings (SSSR count). The Bertz CT molecular complexity index is 778. The summed E-state index contributed by atoms with van der Waals surface area (Å²) >= 11 is 1.33. The van der Waals surface area contributed by atoms with Gasteiger partial charge >= 0.3 is 6.36 Å². The topological polar surface area (TPSA) is 67.4 Å². The molecule has 0 aromatic heterocycles. The fraction of sp³-hybridized carbons (Fsp3) is 0.222. The predicted molar refractivity (Wildman–Crippen MR) is 97.7 cm³/mol. The lowest BCUT2D eigenvalue weighted by molar-refractivity contribution is -0.274. The molecule has 0 atom stereocenters. The number of anilines is 1. The maximum absolute atomic E-state index is 12.1. The molecule has 27 heavy (non-hydrogen) atoms. The number of amides is 2. The number of carbonyl (C=O) groups is 2. The average molecular weight is 398 g/mol. The van der Waals surface area contributed by atoms with Crippen LogP contribution in [0.15, 0.2) is 48.5 Å². The first kappa shape index (κ1) is 20.6. The van der Waals surface area contributed by atoms with Crippen molar-refractivity contribution in [2.24, 2.45) is 0 Å². The van der Waals surface area contributed by atoms with Crippen molar-refractivity contribution in [2.75, 3.05) is 18.1 Å². The Morgan fingerprint density at radius 1 is 1.04 bits per heavy atom. The number of benzene rings is 2. The van der Waals surface area contributed by atoms with Crippen molar-refractivity contribution < 1.29 is 27.5 Å². The largest absolute Gasteiger partial charge is 0.573 e. The van der Waals surface area contributed by atoms with E-state index in [1.54, 1.807) is 24.3 Å². The lowest BCUT2D eigenvalue weighted by Gasteiger charge is -2.09. The van der Waals surface area contributed by atoms with E-state index < -0.39 is 6.36 Å². The molecular weight excluding hydrogens is 381 g/mol. The maximum atomic E-state index is 12.1. The highest BCUT2D eigenvalue weighted by atomic mass is 32.2. The smallest absolute Gasteiger partial charge is 0.406 e. The highest BCUT2D eigenvalue weighted by molar-refractivity contribution is 7.99. The zero-order valence-corrected chi connectivity index (χ0v) is 15.1.